The van der Waals surface area contributed by atoms with Crippen molar-refractivity contribution in [1.29, 1.82) is 0 Å². The van der Waals surface area contributed by atoms with Crippen molar-refractivity contribution in [2.75, 3.05) is 12.4 Å². The third-order valence-corrected chi connectivity index (χ3v) is 7.14. The van der Waals surface area contributed by atoms with Crippen LogP contribution in [0.5, 0.6) is 0 Å². The van der Waals surface area contributed by atoms with E-state index in [9.17, 15) is 9.46 Å². The van der Waals surface area contributed by atoms with E-state index in [2.05, 4.69) is 0 Å². The van der Waals surface area contributed by atoms with Crippen molar-refractivity contribution in [1.82, 2.24) is 0 Å². The molecule has 0 bridgehead atoms. The van der Waals surface area contributed by atoms with Crippen molar-refractivity contribution in [2.45, 2.75) is 89.2 Å². The Hall–Kier alpha value is 0.470. The number of hydrogen-bond donors (Lipinski definition) is 0. The summed E-state index contributed by atoms with van der Waals surface area (Å²) in [5, 5.41) is 0. The maximum atomic E-state index is 12.4. The fourth-order valence-electron chi connectivity index (χ4n) is 3.04. The minimum atomic E-state index is -4.19. The van der Waals surface area contributed by atoms with Gasteiger partial charge in [0.25, 0.3) is 0 Å². The third kappa shape index (κ3) is 8.01. The van der Waals surface area contributed by atoms with E-state index in [0.717, 1.165) is 0 Å². The molecule has 2 heterocycles. The second-order valence-corrected chi connectivity index (χ2v) is 11.2. The normalized spacial score (nSPS) is 36.6. The fraction of sp³-hybridized carbons (Fsp3) is 1.00. The van der Waals surface area contributed by atoms with Gasteiger partial charge in [0.15, 0.2) is 6.80 Å². The predicted molar refractivity (Wildman–Crippen MR) is 104 cm³/mol. The molecular weight excluding hydrogens is 389 g/mol. The smallest absolute Gasteiger partial charge is 0.192 e. The van der Waals surface area contributed by atoms with Gasteiger partial charge in [0.05, 0.1) is 37.1 Å². The zero-order valence-electron chi connectivity index (χ0n) is 16.3. The molecule has 2 rings (SSSR count). The Morgan fingerprint density at radius 2 is 1.67 bits per heavy atom. The van der Waals surface area contributed by atoms with Crippen molar-refractivity contribution < 1.29 is 32.9 Å². The topological polar surface area (TPSA) is 86.3 Å². The van der Waals surface area contributed by atoms with E-state index >= 15 is 0 Å². The maximum Gasteiger partial charge on any atom is 0.192 e. The average molecular weight is 417 g/mol. The lowest BCUT2D eigenvalue weighted by atomic mass is 9.96. The van der Waals surface area contributed by atoms with Crippen LogP contribution >= 0.6 is 18.2 Å². The molecule has 0 saturated carbocycles. The summed E-state index contributed by atoms with van der Waals surface area (Å²) in [6.07, 6.45) is -0.978. The van der Waals surface area contributed by atoms with Gasteiger partial charge in [0, 0.05) is 17.8 Å². The molecule has 0 aromatic carbocycles. The van der Waals surface area contributed by atoms with Gasteiger partial charge in [-0.05, 0) is 40.5 Å². The molecule has 152 valence electrons. The van der Waals surface area contributed by atoms with Crippen molar-refractivity contribution >= 4 is 33.9 Å². The van der Waals surface area contributed by atoms with Gasteiger partial charge in [-0.3, -0.25) is 4.57 Å². The van der Waals surface area contributed by atoms with Gasteiger partial charge in [-0.25, -0.2) is 0 Å². The Bertz CT molecular complexity index is 513. The van der Waals surface area contributed by atoms with Gasteiger partial charge in [-0.2, -0.15) is 0 Å². The van der Waals surface area contributed by atoms with Crippen LogP contribution in [-0.2, 0) is 28.0 Å². The molecule has 0 spiro atoms. The van der Waals surface area contributed by atoms with Crippen LogP contribution in [0, 0.1) is 0 Å². The van der Waals surface area contributed by atoms with E-state index in [1.165, 1.54) is 0 Å². The molecule has 0 aliphatic carbocycles. The van der Waals surface area contributed by atoms with Gasteiger partial charge in [-0.1, -0.05) is 11.4 Å². The minimum Gasteiger partial charge on any atom is -0.770 e. The molecule has 0 aromatic heterocycles. The van der Waals surface area contributed by atoms with Crippen LogP contribution in [0.25, 0.3) is 0 Å². The molecule has 27 heavy (non-hydrogen) atoms. The second kappa shape index (κ2) is 10.5. The molecular formula is C16H28B2O7PS-. The highest BCUT2D eigenvalue weighted by Gasteiger charge is 2.38. The van der Waals surface area contributed by atoms with Crippen LogP contribution in [-0.4, -0.2) is 76.7 Å². The lowest BCUT2D eigenvalue weighted by molar-refractivity contribution is -0.196. The highest BCUT2D eigenvalue weighted by atomic mass is 32.7. The molecule has 7 atom stereocenters. The molecule has 2 aliphatic heterocycles. The first-order valence-electron chi connectivity index (χ1n) is 9.29. The fourth-order valence-corrected chi connectivity index (χ4v) is 5.78. The van der Waals surface area contributed by atoms with Crippen molar-refractivity contribution in [2.24, 2.45) is 0 Å². The van der Waals surface area contributed by atoms with Gasteiger partial charge < -0.3 is 28.4 Å². The summed E-state index contributed by atoms with van der Waals surface area (Å²) in [7, 11) is 11.6. The first-order chi connectivity index (χ1) is 12.6. The third-order valence-electron chi connectivity index (χ3n) is 4.16. The van der Waals surface area contributed by atoms with Gasteiger partial charge >= 0.3 is 0 Å². The maximum absolute atomic E-state index is 12.4. The first kappa shape index (κ1) is 23.7. The summed E-state index contributed by atoms with van der Waals surface area (Å²) in [6, 6.07) is -1.02. The van der Waals surface area contributed by atoms with Crippen molar-refractivity contribution in [3.63, 3.8) is 0 Å². The van der Waals surface area contributed by atoms with E-state index in [0.29, 0.717) is 24.2 Å². The van der Waals surface area contributed by atoms with Gasteiger partial charge in [0.1, 0.15) is 21.8 Å². The SMILES string of the molecule is [B]C1CC(OC(C)C)C(CSP(=O)([O-])OC2CC([B])OC2COC(C)C)O1. The Balaban J connectivity index is 1.87. The quantitative estimate of drug-likeness (QED) is 0.389. The predicted octanol–water partition coefficient (Wildman–Crippen LogP) is 1.36. The molecule has 7 nitrogen and oxygen atoms in total. The van der Waals surface area contributed by atoms with Crippen molar-refractivity contribution in [3.05, 3.63) is 0 Å². The molecule has 2 aliphatic rings. The van der Waals surface area contributed by atoms with Gasteiger partial charge in [-0.15, -0.1) is 0 Å². The van der Waals surface area contributed by atoms with Crippen LogP contribution in [0.4, 0.5) is 0 Å². The van der Waals surface area contributed by atoms with Gasteiger partial charge in [0.2, 0.25) is 0 Å². The summed E-state index contributed by atoms with van der Waals surface area (Å²) in [5.74, 6) is 0.179. The molecule has 0 amide bonds. The summed E-state index contributed by atoms with van der Waals surface area (Å²) >= 11 is 0.703. The number of rotatable bonds is 10. The molecule has 0 N–H and O–H groups in total. The highest BCUT2D eigenvalue weighted by Crippen LogP contribution is 2.54. The summed E-state index contributed by atoms with van der Waals surface area (Å²) in [5.41, 5.74) is 0. The largest absolute Gasteiger partial charge is 0.770 e. The summed E-state index contributed by atoms with van der Waals surface area (Å²) in [4.78, 5) is 12.4. The van der Waals surface area contributed by atoms with Crippen LogP contribution < -0.4 is 4.89 Å². The van der Waals surface area contributed by atoms with Crippen LogP contribution in [0.3, 0.4) is 0 Å². The lowest BCUT2D eigenvalue weighted by Gasteiger charge is -2.30. The average Bonchev–Trinajstić information content (AvgIpc) is 3.04. The monoisotopic (exact) mass is 417 g/mol. The number of ether oxygens (including phenoxy) is 4. The summed E-state index contributed by atoms with van der Waals surface area (Å²) in [6.45, 7) is 3.65. The van der Waals surface area contributed by atoms with E-state index in [4.69, 9.17) is 39.2 Å². The molecule has 0 aromatic rings. The Labute approximate surface area is 168 Å². The first-order valence-corrected chi connectivity index (χ1v) is 12.4. The lowest BCUT2D eigenvalue weighted by Crippen LogP contribution is -2.31. The molecule has 7 unspecified atom stereocenters. The van der Waals surface area contributed by atoms with E-state index < -0.39 is 37.1 Å². The molecule has 2 fully saturated rings. The van der Waals surface area contributed by atoms with Crippen molar-refractivity contribution in [3.8, 4) is 0 Å². The standard InChI is InChI=1S/C16H29B2O7PS/c1-9(2)21-7-13-12(6-16(18)23-13)25-26(19,20)27-8-14-11(22-10(3)4)5-15(17)24-14/h9-16H,5-8H2,1-4H3,(H,19,20)/p-1. The van der Waals surface area contributed by atoms with Crippen LogP contribution in [0.2, 0.25) is 0 Å². The molecule has 11 heteroatoms. The number of hydrogen-bond acceptors (Lipinski definition) is 8. The Morgan fingerprint density at radius 1 is 1.07 bits per heavy atom. The van der Waals surface area contributed by atoms with Crippen LogP contribution in [0.1, 0.15) is 40.5 Å². The summed E-state index contributed by atoms with van der Waals surface area (Å²) < 4.78 is 40.2. The van der Waals surface area contributed by atoms with Crippen LogP contribution in [0.15, 0.2) is 0 Å². The highest BCUT2D eigenvalue weighted by molar-refractivity contribution is 8.54. The Kier molecular flexibility index (Phi) is 9.22. The molecule has 2 saturated heterocycles. The van der Waals surface area contributed by atoms with E-state index in [1.807, 2.05) is 27.7 Å². The van der Waals surface area contributed by atoms with E-state index in [-0.39, 0.29) is 30.7 Å². The zero-order chi connectivity index (χ0) is 20.2. The van der Waals surface area contributed by atoms with E-state index in [1.54, 1.807) is 0 Å². The zero-order valence-corrected chi connectivity index (χ0v) is 18.0. The molecule has 4 radical (unpaired) electrons. The Morgan fingerprint density at radius 3 is 2.26 bits per heavy atom. The minimum absolute atomic E-state index is 0.00104. The second-order valence-electron chi connectivity index (χ2n) is 7.39.